The Morgan fingerprint density at radius 1 is 1.35 bits per heavy atom. The zero-order valence-electron chi connectivity index (χ0n) is 13.0. The lowest BCUT2D eigenvalue weighted by Gasteiger charge is -2.25. The number of anilines is 2. The Morgan fingerprint density at radius 3 is 2.91 bits per heavy atom. The van der Waals surface area contributed by atoms with Gasteiger partial charge in [-0.25, -0.2) is 0 Å². The highest BCUT2D eigenvalue weighted by Gasteiger charge is 2.28. The van der Waals surface area contributed by atoms with Gasteiger partial charge in [0.15, 0.2) is 0 Å². The summed E-state index contributed by atoms with van der Waals surface area (Å²) in [5.74, 6) is 0.365. The first-order valence-electron chi connectivity index (χ1n) is 7.45. The van der Waals surface area contributed by atoms with Crippen LogP contribution in [-0.4, -0.2) is 24.5 Å². The van der Waals surface area contributed by atoms with E-state index >= 15 is 0 Å². The normalized spacial score (nSPS) is 16.2. The average molecular weight is 332 g/mol. The topological polar surface area (TPSA) is 63.2 Å². The molecule has 2 aromatic rings. The molecule has 5 nitrogen and oxygen atoms in total. The van der Waals surface area contributed by atoms with Gasteiger partial charge in [0, 0.05) is 17.6 Å². The molecule has 0 saturated heterocycles. The van der Waals surface area contributed by atoms with Gasteiger partial charge in [-0.15, -0.1) is 0 Å². The molecule has 1 amide bonds. The van der Waals surface area contributed by atoms with E-state index in [0.717, 1.165) is 22.6 Å². The molecule has 1 aromatic carbocycles. The molecule has 1 aliphatic heterocycles. The summed E-state index contributed by atoms with van der Waals surface area (Å²) in [5, 5.41) is 6.63. The van der Waals surface area contributed by atoms with Gasteiger partial charge < -0.3 is 15.4 Å². The molecule has 2 N–H and O–H groups in total. The fourth-order valence-corrected chi connectivity index (χ4v) is 2.94. The van der Waals surface area contributed by atoms with Crippen molar-refractivity contribution in [2.45, 2.75) is 19.3 Å². The lowest BCUT2D eigenvalue weighted by Crippen LogP contribution is -2.26. The molecule has 0 radical (unpaired) electrons. The van der Waals surface area contributed by atoms with Crippen molar-refractivity contribution in [1.29, 1.82) is 0 Å². The Morgan fingerprint density at radius 2 is 2.13 bits per heavy atom. The highest BCUT2D eigenvalue weighted by atomic mass is 35.5. The number of nitrogens with one attached hydrogen (secondary N) is 2. The minimum absolute atomic E-state index is 0.0741. The maximum atomic E-state index is 12.7. The highest BCUT2D eigenvalue weighted by molar-refractivity contribution is 6.30. The van der Waals surface area contributed by atoms with Gasteiger partial charge in [0.1, 0.15) is 5.75 Å². The van der Waals surface area contributed by atoms with Gasteiger partial charge in [-0.3, -0.25) is 9.78 Å². The molecule has 6 heteroatoms. The smallest absolute Gasteiger partial charge is 0.232 e. The van der Waals surface area contributed by atoms with Crippen LogP contribution < -0.4 is 15.4 Å². The van der Waals surface area contributed by atoms with Crippen LogP contribution in [-0.2, 0) is 4.79 Å². The molecule has 0 unspecified atom stereocenters. The first kappa shape index (κ1) is 15.6. The van der Waals surface area contributed by atoms with Crippen molar-refractivity contribution in [2.24, 2.45) is 0 Å². The van der Waals surface area contributed by atoms with Crippen LogP contribution in [0.1, 0.15) is 23.5 Å². The number of ether oxygens (including phenoxy) is 1. The molecule has 0 aliphatic carbocycles. The zero-order valence-corrected chi connectivity index (χ0v) is 13.8. The second-order valence-electron chi connectivity index (χ2n) is 5.47. The molecule has 0 bridgehead atoms. The van der Waals surface area contributed by atoms with Crippen molar-refractivity contribution in [2.75, 3.05) is 24.3 Å². The van der Waals surface area contributed by atoms with Crippen molar-refractivity contribution in [3.8, 4) is 5.75 Å². The van der Waals surface area contributed by atoms with Gasteiger partial charge in [-0.05, 0) is 37.1 Å². The molecule has 120 valence electrons. The van der Waals surface area contributed by atoms with Gasteiger partial charge in [0.25, 0.3) is 0 Å². The number of hydrogen-bond donors (Lipinski definition) is 2. The van der Waals surface area contributed by atoms with Gasteiger partial charge in [-0.2, -0.15) is 0 Å². The number of carbonyl (C=O) groups excluding carboxylic acids is 1. The SMILES string of the molecule is CNc1cncc(NC(=O)[C@@H]2CCOc3ccc(Cl)cc32)c1C. The summed E-state index contributed by atoms with van der Waals surface area (Å²) >= 11 is 6.07. The third-order valence-electron chi connectivity index (χ3n) is 4.07. The molecule has 2 heterocycles. The third-order valence-corrected chi connectivity index (χ3v) is 4.31. The summed E-state index contributed by atoms with van der Waals surface area (Å²) in [6.45, 7) is 2.46. The fraction of sp³-hybridized carbons (Fsp3) is 0.294. The predicted octanol–water partition coefficient (Wildman–Crippen LogP) is 3.59. The van der Waals surface area contributed by atoms with Crippen molar-refractivity contribution < 1.29 is 9.53 Å². The molecule has 3 rings (SSSR count). The highest BCUT2D eigenvalue weighted by Crippen LogP contribution is 2.36. The van der Waals surface area contributed by atoms with E-state index < -0.39 is 0 Å². The number of rotatable bonds is 3. The second kappa shape index (κ2) is 6.46. The number of halogens is 1. The number of fused-ring (bicyclic) bond motifs is 1. The summed E-state index contributed by atoms with van der Waals surface area (Å²) in [5.41, 5.74) is 3.38. The van der Waals surface area contributed by atoms with Crippen LogP contribution in [0.3, 0.4) is 0 Å². The van der Waals surface area contributed by atoms with Gasteiger partial charge in [-0.1, -0.05) is 11.6 Å². The van der Waals surface area contributed by atoms with Crippen molar-refractivity contribution >= 4 is 28.9 Å². The molecule has 0 fully saturated rings. The molecule has 0 spiro atoms. The van der Waals surface area contributed by atoms with Crippen molar-refractivity contribution in [1.82, 2.24) is 4.98 Å². The minimum atomic E-state index is -0.282. The Kier molecular flexibility index (Phi) is 4.39. The van der Waals surface area contributed by atoms with Crippen LogP contribution in [0, 0.1) is 6.92 Å². The van der Waals surface area contributed by atoms with Crippen molar-refractivity contribution in [3.63, 3.8) is 0 Å². The summed E-state index contributed by atoms with van der Waals surface area (Å²) in [6.07, 6.45) is 4.01. The number of aromatic nitrogens is 1. The molecule has 1 aliphatic rings. The predicted molar refractivity (Wildman–Crippen MR) is 91.5 cm³/mol. The van der Waals surface area contributed by atoms with Crippen LogP contribution in [0.2, 0.25) is 5.02 Å². The number of pyridine rings is 1. The van der Waals surface area contributed by atoms with E-state index in [9.17, 15) is 4.79 Å². The summed E-state index contributed by atoms with van der Waals surface area (Å²) in [4.78, 5) is 16.9. The Labute approximate surface area is 140 Å². The van der Waals surface area contributed by atoms with Crippen LogP contribution in [0.15, 0.2) is 30.6 Å². The largest absolute Gasteiger partial charge is 0.493 e. The molecule has 0 saturated carbocycles. The van der Waals surface area contributed by atoms with E-state index in [1.54, 1.807) is 24.5 Å². The summed E-state index contributed by atoms with van der Waals surface area (Å²) in [7, 11) is 1.83. The molecular weight excluding hydrogens is 314 g/mol. The lowest BCUT2D eigenvalue weighted by molar-refractivity contribution is -0.118. The average Bonchev–Trinajstić information content (AvgIpc) is 2.56. The maximum absolute atomic E-state index is 12.7. The molecule has 23 heavy (non-hydrogen) atoms. The second-order valence-corrected chi connectivity index (χ2v) is 5.91. The van der Waals surface area contributed by atoms with E-state index in [-0.39, 0.29) is 11.8 Å². The van der Waals surface area contributed by atoms with Gasteiger partial charge in [0.05, 0.1) is 36.3 Å². The van der Waals surface area contributed by atoms with Gasteiger partial charge in [0.2, 0.25) is 5.91 Å². The summed E-state index contributed by atoms with van der Waals surface area (Å²) in [6, 6.07) is 5.38. The third kappa shape index (κ3) is 3.10. The monoisotopic (exact) mass is 331 g/mol. The number of nitrogens with zero attached hydrogens (tertiary/aromatic N) is 1. The number of hydrogen-bond acceptors (Lipinski definition) is 4. The first-order valence-corrected chi connectivity index (χ1v) is 7.83. The van der Waals surface area contributed by atoms with Crippen LogP contribution in [0.4, 0.5) is 11.4 Å². The standard InChI is InChI=1S/C17H18ClN3O2/c1-10-14(19-2)8-20-9-15(10)21-17(22)12-5-6-23-16-4-3-11(18)7-13(12)16/h3-4,7-9,12,19H,5-6H2,1-2H3,(H,21,22)/t12-/m1/s1. The van der Waals surface area contributed by atoms with Crippen molar-refractivity contribution in [3.05, 3.63) is 46.7 Å². The number of benzene rings is 1. The van der Waals surface area contributed by atoms with E-state index in [0.29, 0.717) is 23.7 Å². The van der Waals surface area contributed by atoms with Crippen LogP contribution >= 0.6 is 11.6 Å². The minimum Gasteiger partial charge on any atom is -0.493 e. The van der Waals surface area contributed by atoms with E-state index in [1.807, 2.05) is 20.0 Å². The van der Waals surface area contributed by atoms with E-state index in [1.165, 1.54) is 0 Å². The Balaban J connectivity index is 1.87. The zero-order chi connectivity index (χ0) is 16.4. The maximum Gasteiger partial charge on any atom is 0.232 e. The van der Waals surface area contributed by atoms with E-state index in [2.05, 4.69) is 15.6 Å². The van der Waals surface area contributed by atoms with Gasteiger partial charge >= 0.3 is 0 Å². The molecule has 1 aromatic heterocycles. The van der Waals surface area contributed by atoms with Crippen LogP contribution in [0.5, 0.6) is 5.75 Å². The molecule has 1 atom stereocenters. The lowest BCUT2D eigenvalue weighted by atomic mass is 9.92. The molecular formula is C17H18ClN3O2. The van der Waals surface area contributed by atoms with Crippen LogP contribution in [0.25, 0.3) is 0 Å². The summed E-state index contributed by atoms with van der Waals surface area (Å²) < 4.78 is 5.61. The Hall–Kier alpha value is -2.27. The first-order chi connectivity index (χ1) is 11.1. The fourth-order valence-electron chi connectivity index (χ4n) is 2.76. The van der Waals surface area contributed by atoms with E-state index in [4.69, 9.17) is 16.3 Å². The number of carbonyl (C=O) groups is 1. The Bertz CT molecular complexity index is 749. The number of amides is 1. The quantitative estimate of drug-likeness (QED) is 0.902.